The van der Waals surface area contributed by atoms with Gasteiger partial charge < -0.3 is 9.84 Å². The van der Waals surface area contributed by atoms with E-state index in [4.69, 9.17) is 9.84 Å². The van der Waals surface area contributed by atoms with Crippen LogP contribution in [0.15, 0.2) is 24.3 Å². The van der Waals surface area contributed by atoms with E-state index in [9.17, 15) is 9.59 Å². The number of ether oxygens (including phenoxy) is 1. The number of carbonyl (C=O) groups is 2. The fourth-order valence-electron chi connectivity index (χ4n) is 6.16. The molecular formula is C42H78O4. The molecule has 0 aromatic rings. The molecule has 0 saturated carbocycles. The van der Waals surface area contributed by atoms with Crippen molar-refractivity contribution < 1.29 is 19.4 Å². The summed E-state index contributed by atoms with van der Waals surface area (Å²) in [4.78, 5) is 23.5. The van der Waals surface area contributed by atoms with Gasteiger partial charge in [-0.05, 0) is 70.6 Å². The lowest BCUT2D eigenvalue weighted by Gasteiger charge is -2.18. The molecule has 4 nitrogen and oxygen atoms in total. The molecule has 0 rings (SSSR count). The minimum Gasteiger partial charge on any atom is -0.481 e. The first-order chi connectivity index (χ1) is 22.6. The maximum Gasteiger partial charge on any atom is 0.306 e. The normalized spacial score (nSPS) is 12.4. The summed E-state index contributed by atoms with van der Waals surface area (Å²) in [5, 5.41) is 8.95. The molecule has 0 aliphatic carbocycles. The highest BCUT2D eigenvalue weighted by atomic mass is 16.5. The minimum atomic E-state index is -0.742. The summed E-state index contributed by atoms with van der Waals surface area (Å²) >= 11 is 0. The molecule has 1 N–H and O–H groups in total. The van der Waals surface area contributed by atoms with E-state index in [-0.39, 0.29) is 18.5 Å². The van der Waals surface area contributed by atoms with Crippen LogP contribution in [0, 0.1) is 0 Å². The third-order valence-corrected chi connectivity index (χ3v) is 9.18. The zero-order valence-electron chi connectivity index (χ0n) is 30.9. The lowest BCUT2D eigenvalue weighted by molar-refractivity contribution is -0.150. The van der Waals surface area contributed by atoms with Gasteiger partial charge in [-0.1, -0.05) is 167 Å². The van der Waals surface area contributed by atoms with E-state index in [1.165, 1.54) is 148 Å². The van der Waals surface area contributed by atoms with Crippen LogP contribution in [-0.4, -0.2) is 23.1 Å². The molecule has 0 bridgehead atoms. The minimum absolute atomic E-state index is 0.0468. The zero-order chi connectivity index (χ0) is 33.6. The number of carbonyl (C=O) groups excluding carboxylic acids is 1. The molecule has 0 aliphatic heterocycles. The summed E-state index contributed by atoms with van der Waals surface area (Å²) in [6.07, 6.45) is 47.6. The number of rotatable bonds is 37. The number of esters is 1. The van der Waals surface area contributed by atoms with Gasteiger partial charge in [0.25, 0.3) is 0 Å². The summed E-state index contributed by atoms with van der Waals surface area (Å²) < 4.78 is 5.90. The fraction of sp³-hybridized carbons (Fsp3) is 0.857. The van der Waals surface area contributed by atoms with E-state index in [0.29, 0.717) is 12.8 Å². The van der Waals surface area contributed by atoms with Gasteiger partial charge in [-0.15, -0.1) is 0 Å². The Kier molecular flexibility index (Phi) is 36.6. The van der Waals surface area contributed by atoms with E-state index in [1.807, 2.05) is 0 Å². The summed E-state index contributed by atoms with van der Waals surface area (Å²) in [5.41, 5.74) is 0. The highest BCUT2D eigenvalue weighted by Crippen LogP contribution is 2.18. The van der Waals surface area contributed by atoms with E-state index in [2.05, 4.69) is 38.2 Å². The van der Waals surface area contributed by atoms with Gasteiger partial charge >= 0.3 is 11.9 Å². The smallest absolute Gasteiger partial charge is 0.306 e. The van der Waals surface area contributed by atoms with Crippen LogP contribution in [0.25, 0.3) is 0 Å². The lowest BCUT2D eigenvalue weighted by Crippen LogP contribution is -2.18. The van der Waals surface area contributed by atoms with Gasteiger partial charge in [-0.25, -0.2) is 0 Å². The van der Waals surface area contributed by atoms with Crippen LogP contribution in [0.4, 0.5) is 0 Å². The van der Waals surface area contributed by atoms with Gasteiger partial charge in [0.2, 0.25) is 0 Å². The fourth-order valence-corrected chi connectivity index (χ4v) is 6.16. The average molecular weight is 647 g/mol. The second kappa shape index (κ2) is 37.9. The molecule has 1 unspecified atom stereocenters. The van der Waals surface area contributed by atoms with Gasteiger partial charge in [0.1, 0.15) is 6.10 Å². The van der Waals surface area contributed by atoms with Crippen molar-refractivity contribution in [3.63, 3.8) is 0 Å². The van der Waals surface area contributed by atoms with Crippen LogP contribution in [0.1, 0.15) is 226 Å². The van der Waals surface area contributed by atoms with Crippen molar-refractivity contribution in [1.29, 1.82) is 0 Å². The molecule has 0 saturated heterocycles. The van der Waals surface area contributed by atoms with E-state index in [0.717, 1.165) is 44.9 Å². The number of hydrogen-bond acceptors (Lipinski definition) is 3. The van der Waals surface area contributed by atoms with Gasteiger partial charge in [-0.2, -0.15) is 0 Å². The molecule has 0 spiro atoms. The Hall–Kier alpha value is -1.58. The van der Waals surface area contributed by atoms with Crippen LogP contribution in [0.5, 0.6) is 0 Å². The van der Waals surface area contributed by atoms with Crippen molar-refractivity contribution in [3.05, 3.63) is 24.3 Å². The molecule has 0 aliphatic rings. The van der Waals surface area contributed by atoms with E-state index < -0.39 is 5.97 Å². The highest BCUT2D eigenvalue weighted by molar-refractivity contribution is 5.69. The highest BCUT2D eigenvalue weighted by Gasteiger charge is 2.14. The first-order valence-corrected chi connectivity index (χ1v) is 20.3. The van der Waals surface area contributed by atoms with Gasteiger partial charge in [0.15, 0.2) is 0 Å². The first-order valence-electron chi connectivity index (χ1n) is 20.3. The summed E-state index contributed by atoms with van der Waals surface area (Å²) in [5.74, 6) is -0.801. The molecule has 0 heterocycles. The monoisotopic (exact) mass is 647 g/mol. The predicted molar refractivity (Wildman–Crippen MR) is 200 cm³/mol. The van der Waals surface area contributed by atoms with Crippen molar-refractivity contribution in [3.8, 4) is 0 Å². The molecule has 0 aromatic carbocycles. The van der Waals surface area contributed by atoms with Crippen LogP contribution in [0.2, 0.25) is 0 Å². The Morgan fingerprint density at radius 3 is 1.35 bits per heavy atom. The Labute approximate surface area is 287 Å². The Bertz CT molecular complexity index is 698. The molecule has 0 radical (unpaired) electrons. The number of carboxylic acids is 1. The summed E-state index contributed by atoms with van der Waals surface area (Å²) in [7, 11) is 0. The number of hydrogen-bond donors (Lipinski definition) is 1. The second-order valence-electron chi connectivity index (χ2n) is 13.8. The summed E-state index contributed by atoms with van der Waals surface area (Å²) in [6.45, 7) is 4.53. The van der Waals surface area contributed by atoms with Crippen molar-refractivity contribution in [2.45, 2.75) is 232 Å². The largest absolute Gasteiger partial charge is 0.481 e. The molecule has 0 fully saturated rings. The quantitative estimate of drug-likeness (QED) is 0.0414. The molecular weight excluding hydrogens is 568 g/mol. The zero-order valence-corrected chi connectivity index (χ0v) is 30.9. The van der Waals surface area contributed by atoms with Crippen LogP contribution < -0.4 is 0 Å². The predicted octanol–water partition coefficient (Wildman–Crippen LogP) is 14.0. The Morgan fingerprint density at radius 1 is 0.478 bits per heavy atom. The van der Waals surface area contributed by atoms with E-state index in [1.54, 1.807) is 0 Å². The molecule has 4 heteroatoms. The average Bonchev–Trinajstić information content (AvgIpc) is 3.04. The third kappa shape index (κ3) is 36.9. The molecule has 0 amide bonds. The Balaban J connectivity index is 3.87. The first kappa shape index (κ1) is 44.4. The van der Waals surface area contributed by atoms with Crippen LogP contribution in [-0.2, 0) is 14.3 Å². The molecule has 0 aromatic heterocycles. The maximum absolute atomic E-state index is 12.6. The SMILES string of the molecule is CCCCC/C=C\C/C=C\CCCCCCCCCC(=O)OC(CCCCCCCCCCCCCCCC)CCCCC(=O)O. The third-order valence-electron chi connectivity index (χ3n) is 9.18. The van der Waals surface area contributed by atoms with E-state index >= 15 is 0 Å². The number of aliphatic carboxylic acids is 1. The van der Waals surface area contributed by atoms with Crippen LogP contribution >= 0.6 is 0 Å². The van der Waals surface area contributed by atoms with Crippen molar-refractivity contribution in [2.24, 2.45) is 0 Å². The van der Waals surface area contributed by atoms with Gasteiger partial charge in [-0.3, -0.25) is 9.59 Å². The second-order valence-corrected chi connectivity index (χ2v) is 13.8. The van der Waals surface area contributed by atoms with Gasteiger partial charge in [0, 0.05) is 12.8 Å². The number of allylic oxidation sites excluding steroid dienone is 4. The van der Waals surface area contributed by atoms with Gasteiger partial charge in [0.05, 0.1) is 0 Å². The molecule has 1 atom stereocenters. The topological polar surface area (TPSA) is 63.6 Å². The standard InChI is InChI=1S/C42H78O4/c1-3-5-7-9-11-13-15-17-19-20-21-23-25-27-29-31-33-39-42(45)46-40(37-34-35-38-41(43)44)36-32-30-28-26-24-22-18-16-14-12-10-8-6-4-2/h11,13,17,19,40H,3-10,12,14-16,18,20-39H2,1-2H3,(H,43,44)/b13-11-,19-17-. The maximum atomic E-state index is 12.6. The van der Waals surface area contributed by atoms with Crippen molar-refractivity contribution >= 4 is 11.9 Å². The van der Waals surface area contributed by atoms with Crippen LogP contribution in [0.3, 0.4) is 0 Å². The Morgan fingerprint density at radius 2 is 0.848 bits per heavy atom. The van der Waals surface area contributed by atoms with Crippen molar-refractivity contribution in [1.82, 2.24) is 0 Å². The number of unbranched alkanes of at least 4 members (excludes halogenated alkanes) is 24. The molecule has 46 heavy (non-hydrogen) atoms. The number of carboxylic acid groups (broad SMARTS) is 1. The van der Waals surface area contributed by atoms with Crippen molar-refractivity contribution in [2.75, 3.05) is 0 Å². The molecule has 270 valence electrons. The lowest BCUT2D eigenvalue weighted by atomic mass is 10.0. The summed E-state index contributed by atoms with van der Waals surface area (Å²) in [6, 6.07) is 0.